The third-order valence-corrected chi connectivity index (χ3v) is 1.16. The predicted octanol–water partition coefficient (Wildman–Crippen LogP) is 3.49. The molecule has 0 amide bonds. The van der Waals surface area contributed by atoms with Gasteiger partial charge in [0.15, 0.2) is 0 Å². The standard InChI is InChI=1S/C8H13Cl/c1-7(2)5-4-6-8(3)9/h5H,3-4,6H2,1-2H3. The number of hydrogen-bond acceptors (Lipinski definition) is 0. The van der Waals surface area contributed by atoms with Crippen LogP contribution in [-0.4, -0.2) is 0 Å². The van der Waals surface area contributed by atoms with Gasteiger partial charge in [-0.3, -0.25) is 0 Å². The average Bonchev–Trinajstić information content (AvgIpc) is 1.63. The van der Waals surface area contributed by atoms with Crippen LogP contribution in [0.1, 0.15) is 26.7 Å². The van der Waals surface area contributed by atoms with Gasteiger partial charge in [-0.05, 0) is 26.7 Å². The largest absolute Gasteiger partial charge is 0.0898 e. The van der Waals surface area contributed by atoms with Gasteiger partial charge in [-0.25, -0.2) is 0 Å². The molecule has 0 aromatic carbocycles. The van der Waals surface area contributed by atoms with Gasteiger partial charge in [0.2, 0.25) is 0 Å². The molecule has 0 N–H and O–H groups in total. The van der Waals surface area contributed by atoms with E-state index < -0.39 is 0 Å². The molecule has 0 rings (SSSR count). The van der Waals surface area contributed by atoms with Crippen molar-refractivity contribution in [1.82, 2.24) is 0 Å². The molecule has 9 heavy (non-hydrogen) atoms. The van der Waals surface area contributed by atoms with Gasteiger partial charge in [-0.15, -0.1) is 0 Å². The molecule has 0 saturated carbocycles. The number of allylic oxidation sites excluding steroid dienone is 3. The maximum absolute atomic E-state index is 5.54. The molecule has 52 valence electrons. The SMILES string of the molecule is C=C(Cl)CCC=C(C)C. The molecule has 0 radical (unpaired) electrons. The quantitative estimate of drug-likeness (QED) is 0.532. The molecule has 0 aromatic rings. The van der Waals surface area contributed by atoms with E-state index in [4.69, 9.17) is 11.6 Å². The molecule has 0 atom stereocenters. The van der Waals surface area contributed by atoms with Crippen LogP contribution in [0.25, 0.3) is 0 Å². The topological polar surface area (TPSA) is 0 Å². The van der Waals surface area contributed by atoms with E-state index >= 15 is 0 Å². The summed E-state index contributed by atoms with van der Waals surface area (Å²) in [5, 5.41) is 0.743. The Hall–Kier alpha value is -0.230. The van der Waals surface area contributed by atoms with E-state index in [0.717, 1.165) is 17.9 Å². The molecule has 0 aromatic heterocycles. The molecular formula is C8H13Cl. The first-order valence-corrected chi connectivity index (χ1v) is 3.47. The molecule has 0 aliphatic heterocycles. The van der Waals surface area contributed by atoms with Gasteiger partial charge in [-0.2, -0.15) is 0 Å². The minimum absolute atomic E-state index is 0.743. The van der Waals surface area contributed by atoms with Gasteiger partial charge in [0.05, 0.1) is 0 Å². The number of halogens is 1. The van der Waals surface area contributed by atoms with Crippen LogP contribution in [0.3, 0.4) is 0 Å². The fraction of sp³-hybridized carbons (Fsp3) is 0.500. The molecule has 0 bridgehead atoms. The zero-order valence-corrected chi connectivity index (χ0v) is 6.83. The molecule has 0 saturated heterocycles. The second-order valence-electron chi connectivity index (χ2n) is 2.34. The molecule has 0 spiro atoms. The summed E-state index contributed by atoms with van der Waals surface area (Å²) < 4.78 is 0. The molecule has 1 heteroatoms. The molecule has 0 heterocycles. The predicted molar refractivity (Wildman–Crippen MR) is 43.7 cm³/mol. The lowest BCUT2D eigenvalue weighted by atomic mass is 10.2. The maximum Gasteiger partial charge on any atom is 0.0112 e. The lowest BCUT2D eigenvalue weighted by Crippen LogP contribution is -1.70. The summed E-state index contributed by atoms with van der Waals surface area (Å²) in [5.41, 5.74) is 1.34. The minimum atomic E-state index is 0.743. The van der Waals surface area contributed by atoms with E-state index in [-0.39, 0.29) is 0 Å². The average molecular weight is 145 g/mol. The highest BCUT2D eigenvalue weighted by atomic mass is 35.5. The van der Waals surface area contributed by atoms with Gasteiger partial charge < -0.3 is 0 Å². The van der Waals surface area contributed by atoms with Crippen molar-refractivity contribution in [3.8, 4) is 0 Å². The van der Waals surface area contributed by atoms with Crippen molar-refractivity contribution in [2.75, 3.05) is 0 Å². The zero-order chi connectivity index (χ0) is 7.28. The Morgan fingerprint density at radius 3 is 2.44 bits per heavy atom. The lowest BCUT2D eigenvalue weighted by Gasteiger charge is -1.91. The van der Waals surface area contributed by atoms with Crippen LogP contribution in [0.5, 0.6) is 0 Å². The Bertz CT molecular complexity index is 119. The van der Waals surface area contributed by atoms with Crippen molar-refractivity contribution >= 4 is 11.6 Å². The third-order valence-electron chi connectivity index (χ3n) is 0.968. The summed E-state index contributed by atoms with van der Waals surface area (Å²) in [4.78, 5) is 0. The van der Waals surface area contributed by atoms with Crippen molar-refractivity contribution in [3.05, 3.63) is 23.3 Å². The van der Waals surface area contributed by atoms with Crippen LogP contribution in [0.2, 0.25) is 0 Å². The van der Waals surface area contributed by atoms with E-state index in [0.29, 0.717) is 0 Å². The fourth-order valence-corrected chi connectivity index (χ4v) is 0.627. The van der Waals surface area contributed by atoms with E-state index in [1.807, 2.05) is 0 Å². The van der Waals surface area contributed by atoms with Crippen molar-refractivity contribution in [2.45, 2.75) is 26.7 Å². The summed E-state index contributed by atoms with van der Waals surface area (Å²) >= 11 is 5.54. The van der Waals surface area contributed by atoms with Crippen molar-refractivity contribution in [1.29, 1.82) is 0 Å². The number of hydrogen-bond donors (Lipinski definition) is 0. The van der Waals surface area contributed by atoms with Crippen LogP contribution < -0.4 is 0 Å². The fourth-order valence-electron chi connectivity index (χ4n) is 0.517. The highest BCUT2D eigenvalue weighted by Gasteiger charge is 1.84. The van der Waals surface area contributed by atoms with Gasteiger partial charge in [0, 0.05) is 5.03 Å². The summed E-state index contributed by atoms with van der Waals surface area (Å²) in [6.45, 7) is 7.75. The second-order valence-corrected chi connectivity index (χ2v) is 2.87. The van der Waals surface area contributed by atoms with E-state index in [1.165, 1.54) is 5.57 Å². The lowest BCUT2D eigenvalue weighted by molar-refractivity contribution is 1.02. The summed E-state index contributed by atoms with van der Waals surface area (Å²) in [7, 11) is 0. The molecule has 0 fully saturated rings. The highest BCUT2D eigenvalue weighted by molar-refractivity contribution is 6.29. The molecule has 0 unspecified atom stereocenters. The first-order valence-electron chi connectivity index (χ1n) is 3.09. The van der Waals surface area contributed by atoms with Gasteiger partial charge >= 0.3 is 0 Å². The highest BCUT2D eigenvalue weighted by Crippen LogP contribution is 2.07. The zero-order valence-electron chi connectivity index (χ0n) is 6.08. The monoisotopic (exact) mass is 144 g/mol. The minimum Gasteiger partial charge on any atom is -0.0898 e. The Labute approximate surface area is 62.2 Å². The Balaban J connectivity index is 3.31. The molecule has 0 nitrogen and oxygen atoms in total. The first-order chi connectivity index (χ1) is 4.13. The third kappa shape index (κ3) is 7.77. The van der Waals surface area contributed by atoms with Gasteiger partial charge in [-0.1, -0.05) is 29.8 Å². The van der Waals surface area contributed by atoms with Crippen LogP contribution in [-0.2, 0) is 0 Å². The van der Waals surface area contributed by atoms with E-state index in [2.05, 4.69) is 26.5 Å². The molecule has 0 aliphatic carbocycles. The van der Waals surface area contributed by atoms with Crippen molar-refractivity contribution in [3.63, 3.8) is 0 Å². The Morgan fingerprint density at radius 1 is 1.56 bits per heavy atom. The Morgan fingerprint density at radius 2 is 2.11 bits per heavy atom. The smallest absolute Gasteiger partial charge is 0.0112 e. The Kier molecular flexibility index (Phi) is 4.51. The summed E-state index contributed by atoms with van der Waals surface area (Å²) in [6, 6.07) is 0. The maximum atomic E-state index is 5.54. The van der Waals surface area contributed by atoms with Crippen molar-refractivity contribution in [2.24, 2.45) is 0 Å². The summed E-state index contributed by atoms with van der Waals surface area (Å²) in [5.74, 6) is 0. The van der Waals surface area contributed by atoms with Gasteiger partial charge in [0.1, 0.15) is 0 Å². The normalized spacial score (nSPS) is 8.78. The van der Waals surface area contributed by atoms with Crippen LogP contribution >= 0.6 is 11.6 Å². The molecule has 0 aliphatic rings. The van der Waals surface area contributed by atoms with Crippen LogP contribution in [0, 0.1) is 0 Å². The molecular weight excluding hydrogens is 132 g/mol. The van der Waals surface area contributed by atoms with E-state index in [9.17, 15) is 0 Å². The summed E-state index contributed by atoms with van der Waals surface area (Å²) in [6.07, 6.45) is 4.07. The van der Waals surface area contributed by atoms with Crippen LogP contribution in [0.4, 0.5) is 0 Å². The van der Waals surface area contributed by atoms with E-state index in [1.54, 1.807) is 0 Å². The second kappa shape index (κ2) is 4.63. The van der Waals surface area contributed by atoms with Crippen molar-refractivity contribution < 1.29 is 0 Å². The number of rotatable bonds is 3. The van der Waals surface area contributed by atoms with Gasteiger partial charge in [0.25, 0.3) is 0 Å². The van der Waals surface area contributed by atoms with Crippen LogP contribution in [0.15, 0.2) is 23.3 Å². The first kappa shape index (κ1) is 8.77.